The highest BCUT2D eigenvalue weighted by molar-refractivity contribution is 7.92. The summed E-state index contributed by atoms with van der Waals surface area (Å²) in [5.41, 5.74) is 0.764. The molecule has 1 atom stereocenters. The lowest BCUT2D eigenvalue weighted by molar-refractivity contribution is -0.139. The van der Waals surface area contributed by atoms with Crippen LogP contribution in [0.15, 0.2) is 48.5 Å². The van der Waals surface area contributed by atoms with Crippen molar-refractivity contribution in [2.75, 3.05) is 17.1 Å². The maximum Gasteiger partial charge on any atom is 0.244 e. The molecule has 184 valence electrons. The monoisotopic (exact) mass is 509 g/mol. The van der Waals surface area contributed by atoms with Gasteiger partial charge in [0, 0.05) is 17.6 Å². The number of nitrogens with zero attached hydrogens (tertiary/aromatic N) is 2. The molecule has 34 heavy (non-hydrogen) atoms. The summed E-state index contributed by atoms with van der Waals surface area (Å²) in [6.07, 6.45) is 4.83. The van der Waals surface area contributed by atoms with Crippen molar-refractivity contribution < 1.29 is 22.4 Å². The van der Waals surface area contributed by atoms with Crippen LogP contribution >= 0.6 is 11.6 Å². The van der Waals surface area contributed by atoms with Crippen LogP contribution in [-0.4, -0.2) is 50.0 Å². The van der Waals surface area contributed by atoms with Crippen LogP contribution in [-0.2, 0) is 26.2 Å². The van der Waals surface area contributed by atoms with Gasteiger partial charge in [0.05, 0.1) is 11.9 Å². The van der Waals surface area contributed by atoms with Crippen molar-refractivity contribution in [1.29, 1.82) is 0 Å². The molecule has 1 aliphatic carbocycles. The fourth-order valence-electron chi connectivity index (χ4n) is 4.01. The average molecular weight is 510 g/mol. The standard InChI is InChI=1S/C24H29ClFN3O4S/c1-17(24(31)27-21-7-3-4-8-21)28(15-18-10-12-19(25)13-11-18)23(30)16-29(34(2,32)33)22-9-5-6-20(26)14-22/h5-6,9-14,17,21H,3-4,7-8,15-16H2,1-2H3,(H,27,31)/t17-/m1/s1. The van der Waals surface area contributed by atoms with Crippen LogP contribution in [0.3, 0.4) is 0 Å². The van der Waals surface area contributed by atoms with Crippen LogP contribution < -0.4 is 9.62 Å². The molecule has 2 aromatic carbocycles. The van der Waals surface area contributed by atoms with E-state index in [0.29, 0.717) is 5.02 Å². The lowest BCUT2D eigenvalue weighted by Crippen LogP contribution is -2.52. The van der Waals surface area contributed by atoms with Gasteiger partial charge in [0.2, 0.25) is 21.8 Å². The summed E-state index contributed by atoms with van der Waals surface area (Å²) in [6, 6.07) is 11.1. The van der Waals surface area contributed by atoms with Gasteiger partial charge in [0.15, 0.2) is 0 Å². The van der Waals surface area contributed by atoms with Gasteiger partial charge in [-0.25, -0.2) is 12.8 Å². The number of amides is 2. The lowest BCUT2D eigenvalue weighted by atomic mass is 10.1. The number of carbonyl (C=O) groups excluding carboxylic acids is 2. The molecule has 7 nitrogen and oxygen atoms in total. The van der Waals surface area contributed by atoms with E-state index in [1.807, 2.05) is 0 Å². The number of hydrogen-bond donors (Lipinski definition) is 1. The fraction of sp³-hybridized carbons (Fsp3) is 0.417. The Morgan fingerprint density at radius 2 is 1.79 bits per heavy atom. The average Bonchev–Trinajstić information content (AvgIpc) is 3.28. The third-order valence-electron chi connectivity index (χ3n) is 5.91. The van der Waals surface area contributed by atoms with Crippen LogP contribution in [0.5, 0.6) is 0 Å². The van der Waals surface area contributed by atoms with Crippen molar-refractivity contribution >= 4 is 39.1 Å². The highest BCUT2D eigenvalue weighted by Gasteiger charge is 2.31. The first kappa shape index (κ1) is 26.0. The van der Waals surface area contributed by atoms with Crippen LogP contribution in [0.4, 0.5) is 10.1 Å². The number of halogens is 2. The molecule has 1 N–H and O–H groups in total. The fourth-order valence-corrected chi connectivity index (χ4v) is 4.97. The van der Waals surface area contributed by atoms with Gasteiger partial charge >= 0.3 is 0 Å². The van der Waals surface area contributed by atoms with Gasteiger partial charge < -0.3 is 10.2 Å². The minimum Gasteiger partial charge on any atom is -0.352 e. The molecule has 0 aromatic heterocycles. The normalized spacial score (nSPS) is 15.1. The predicted octanol–water partition coefficient (Wildman–Crippen LogP) is 3.72. The third kappa shape index (κ3) is 6.93. The Balaban J connectivity index is 1.87. The van der Waals surface area contributed by atoms with Crippen LogP contribution in [0.1, 0.15) is 38.2 Å². The second-order valence-electron chi connectivity index (χ2n) is 8.56. The number of sulfonamides is 1. The molecule has 0 unspecified atom stereocenters. The Labute approximate surface area is 204 Å². The second kappa shape index (κ2) is 11.2. The predicted molar refractivity (Wildman–Crippen MR) is 130 cm³/mol. The Morgan fingerprint density at radius 1 is 1.15 bits per heavy atom. The molecule has 0 saturated heterocycles. The molecule has 0 radical (unpaired) electrons. The Kier molecular flexibility index (Phi) is 8.54. The molecule has 1 fully saturated rings. The van der Waals surface area contributed by atoms with E-state index in [4.69, 9.17) is 11.6 Å². The zero-order chi connectivity index (χ0) is 24.9. The Morgan fingerprint density at radius 3 is 2.38 bits per heavy atom. The number of carbonyl (C=O) groups is 2. The maximum absolute atomic E-state index is 13.8. The molecular weight excluding hydrogens is 481 g/mol. The number of benzene rings is 2. The van der Waals surface area contributed by atoms with E-state index in [-0.39, 0.29) is 24.2 Å². The van der Waals surface area contributed by atoms with Gasteiger partial charge in [-0.3, -0.25) is 13.9 Å². The Bertz CT molecular complexity index is 1120. The summed E-state index contributed by atoms with van der Waals surface area (Å²) in [4.78, 5) is 27.8. The third-order valence-corrected chi connectivity index (χ3v) is 7.30. The van der Waals surface area contributed by atoms with E-state index >= 15 is 0 Å². The molecule has 0 bridgehead atoms. The highest BCUT2D eigenvalue weighted by Crippen LogP contribution is 2.21. The van der Waals surface area contributed by atoms with Crippen molar-refractivity contribution in [1.82, 2.24) is 10.2 Å². The first-order chi connectivity index (χ1) is 16.0. The summed E-state index contributed by atoms with van der Waals surface area (Å²) < 4.78 is 39.6. The molecule has 2 aromatic rings. The topological polar surface area (TPSA) is 86.8 Å². The molecule has 0 spiro atoms. The zero-order valence-electron chi connectivity index (χ0n) is 19.2. The van der Waals surface area contributed by atoms with Crippen molar-refractivity contribution in [3.05, 3.63) is 64.9 Å². The van der Waals surface area contributed by atoms with Crippen molar-refractivity contribution in [2.45, 2.75) is 51.2 Å². The molecule has 2 amide bonds. The molecule has 1 aliphatic rings. The lowest BCUT2D eigenvalue weighted by Gasteiger charge is -2.32. The summed E-state index contributed by atoms with van der Waals surface area (Å²) in [5.74, 6) is -1.51. The molecule has 3 rings (SSSR count). The molecule has 1 saturated carbocycles. The SMILES string of the molecule is C[C@H](C(=O)NC1CCCC1)N(Cc1ccc(Cl)cc1)C(=O)CN(c1cccc(F)c1)S(C)(=O)=O. The number of nitrogens with one attached hydrogen (secondary N) is 1. The van der Waals surface area contributed by atoms with Gasteiger partial charge in [-0.05, 0) is 55.7 Å². The van der Waals surface area contributed by atoms with E-state index in [1.54, 1.807) is 31.2 Å². The van der Waals surface area contributed by atoms with Crippen LogP contribution in [0.2, 0.25) is 5.02 Å². The molecule has 0 aliphatic heterocycles. The smallest absolute Gasteiger partial charge is 0.244 e. The zero-order valence-corrected chi connectivity index (χ0v) is 20.8. The van der Waals surface area contributed by atoms with E-state index in [0.717, 1.165) is 47.9 Å². The summed E-state index contributed by atoms with van der Waals surface area (Å²) in [7, 11) is -3.91. The number of rotatable bonds is 9. The largest absolute Gasteiger partial charge is 0.352 e. The van der Waals surface area contributed by atoms with E-state index < -0.39 is 34.3 Å². The van der Waals surface area contributed by atoms with Crippen LogP contribution in [0, 0.1) is 5.82 Å². The molecular formula is C24H29ClFN3O4S. The minimum absolute atomic E-state index is 0.0327. The second-order valence-corrected chi connectivity index (χ2v) is 10.9. The minimum atomic E-state index is -3.91. The quantitative estimate of drug-likeness (QED) is 0.558. The van der Waals surface area contributed by atoms with Gasteiger partial charge in [-0.1, -0.05) is 42.6 Å². The molecule has 0 heterocycles. The van der Waals surface area contributed by atoms with Gasteiger partial charge in [0.25, 0.3) is 0 Å². The number of hydrogen-bond acceptors (Lipinski definition) is 4. The summed E-state index contributed by atoms with van der Waals surface area (Å²) >= 11 is 5.97. The van der Waals surface area contributed by atoms with Crippen molar-refractivity contribution in [3.63, 3.8) is 0 Å². The Hall–Kier alpha value is -2.65. The first-order valence-corrected chi connectivity index (χ1v) is 13.3. The number of anilines is 1. The first-order valence-electron chi connectivity index (χ1n) is 11.1. The highest BCUT2D eigenvalue weighted by atomic mass is 35.5. The van der Waals surface area contributed by atoms with Gasteiger partial charge in [-0.15, -0.1) is 0 Å². The van der Waals surface area contributed by atoms with E-state index in [9.17, 15) is 22.4 Å². The van der Waals surface area contributed by atoms with Crippen LogP contribution in [0.25, 0.3) is 0 Å². The van der Waals surface area contributed by atoms with Crippen molar-refractivity contribution in [3.8, 4) is 0 Å². The maximum atomic E-state index is 13.8. The summed E-state index contributed by atoms with van der Waals surface area (Å²) in [5, 5.41) is 3.53. The van der Waals surface area contributed by atoms with Crippen molar-refractivity contribution in [2.24, 2.45) is 0 Å². The van der Waals surface area contributed by atoms with E-state index in [1.165, 1.54) is 23.1 Å². The van der Waals surface area contributed by atoms with Gasteiger partial charge in [0.1, 0.15) is 18.4 Å². The summed E-state index contributed by atoms with van der Waals surface area (Å²) in [6.45, 7) is 1.12. The van der Waals surface area contributed by atoms with Gasteiger partial charge in [-0.2, -0.15) is 0 Å². The molecule has 10 heteroatoms. The van der Waals surface area contributed by atoms with E-state index in [2.05, 4.69) is 5.32 Å².